The lowest BCUT2D eigenvalue weighted by Crippen LogP contribution is -2.56. The first-order chi connectivity index (χ1) is 9.52. The monoisotopic (exact) mass is 282 g/mol. The second-order valence-corrected chi connectivity index (χ2v) is 4.42. The van der Waals surface area contributed by atoms with Gasteiger partial charge in [-0.2, -0.15) is 0 Å². The van der Waals surface area contributed by atoms with E-state index >= 15 is 0 Å². The highest BCUT2D eigenvalue weighted by atomic mass is 19.1. The van der Waals surface area contributed by atoms with Gasteiger partial charge in [-0.05, 0) is 12.1 Å². The predicted molar refractivity (Wildman–Crippen MR) is 69.1 cm³/mol. The lowest BCUT2D eigenvalue weighted by atomic mass is 10.2. The summed E-state index contributed by atoms with van der Waals surface area (Å²) in [5, 5.41) is 9.10. The van der Waals surface area contributed by atoms with Gasteiger partial charge in [-0.15, -0.1) is 0 Å². The third-order valence-electron chi connectivity index (χ3n) is 3.16. The van der Waals surface area contributed by atoms with Gasteiger partial charge in [-0.25, -0.2) is 14.0 Å². The number of para-hydroxylation sites is 1. The standard InChI is InChI=1S/C13H15FN2O4/c1-15(10-5-3-2-4-9(10)14)13(19)16-6-7-20-8-11(16)12(17)18/h2-5,11H,6-8H2,1H3,(H,17,18). The molecule has 1 aliphatic heterocycles. The Bertz CT molecular complexity index is 523. The lowest BCUT2D eigenvalue weighted by Gasteiger charge is -2.35. The summed E-state index contributed by atoms with van der Waals surface area (Å²) in [4.78, 5) is 25.7. The van der Waals surface area contributed by atoms with Crippen molar-refractivity contribution < 1.29 is 23.8 Å². The van der Waals surface area contributed by atoms with Gasteiger partial charge < -0.3 is 14.7 Å². The number of morpholine rings is 1. The van der Waals surface area contributed by atoms with Gasteiger partial charge in [0.2, 0.25) is 0 Å². The first kappa shape index (κ1) is 14.3. The van der Waals surface area contributed by atoms with Crippen molar-refractivity contribution in [3.8, 4) is 0 Å². The molecule has 1 unspecified atom stereocenters. The van der Waals surface area contributed by atoms with Crippen LogP contribution in [0.4, 0.5) is 14.9 Å². The predicted octanol–water partition coefficient (Wildman–Crippen LogP) is 1.17. The summed E-state index contributed by atoms with van der Waals surface area (Å²) in [6.45, 7) is 0.363. The van der Waals surface area contributed by atoms with E-state index in [0.29, 0.717) is 0 Å². The second kappa shape index (κ2) is 5.87. The Hall–Kier alpha value is -2.15. The van der Waals surface area contributed by atoms with Crippen LogP contribution in [0.3, 0.4) is 0 Å². The average molecular weight is 282 g/mol. The number of amides is 2. The quantitative estimate of drug-likeness (QED) is 0.884. The summed E-state index contributed by atoms with van der Waals surface area (Å²) < 4.78 is 18.7. The Kier molecular flexibility index (Phi) is 4.19. The van der Waals surface area contributed by atoms with Crippen molar-refractivity contribution in [3.63, 3.8) is 0 Å². The molecule has 6 nitrogen and oxygen atoms in total. The highest BCUT2D eigenvalue weighted by Crippen LogP contribution is 2.20. The van der Waals surface area contributed by atoms with E-state index in [4.69, 9.17) is 9.84 Å². The number of aliphatic carboxylic acids is 1. The molecule has 1 fully saturated rings. The van der Waals surface area contributed by atoms with E-state index in [9.17, 15) is 14.0 Å². The lowest BCUT2D eigenvalue weighted by molar-refractivity contribution is -0.147. The van der Waals surface area contributed by atoms with Crippen molar-refractivity contribution in [2.24, 2.45) is 0 Å². The smallest absolute Gasteiger partial charge is 0.328 e. The van der Waals surface area contributed by atoms with E-state index in [1.807, 2.05) is 0 Å². The molecular formula is C13H15FN2O4. The number of anilines is 1. The maximum absolute atomic E-state index is 13.7. The molecule has 20 heavy (non-hydrogen) atoms. The minimum atomic E-state index is -1.14. The number of benzene rings is 1. The van der Waals surface area contributed by atoms with Crippen molar-refractivity contribution in [1.82, 2.24) is 4.90 Å². The maximum Gasteiger partial charge on any atom is 0.328 e. The molecule has 108 valence electrons. The largest absolute Gasteiger partial charge is 0.480 e. The molecule has 1 saturated heterocycles. The first-order valence-corrected chi connectivity index (χ1v) is 6.11. The maximum atomic E-state index is 13.7. The normalized spacial score (nSPS) is 18.7. The Morgan fingerprint density at radius 1 is 1.45 bits per heavy atom. The Labute approximate surface area is 115 Å². The van der Waals surface area contributed by atoms with Crippen LogP contribution < -0.4 is 4.90 Å². The summed E-state index contributed by atoms with van der Waals surface area (Å²) >= 11 is 0. The van der Waals surface area contributed by atoms with Crippen molar-refractivity contribution in [3.05, 3.63) is 30.1 Å². The van der Waals surface area contributed by atoms with Gasteiger partial charge in [0.1, 0.15) is 5.82 Å². The van der Waals surface area contributed by atoms with Crippen LogP contribution in [0, 0.1) is 5.82 Å². The molecule has 0 bridgehead atoms. The number of hydrogen-bond donors (Lipinski definition) is 1. The molecule has 1 aromatic carbocycles. The van der Waals surface area contributed by atoms with Crippen LogP contribution in [0.2, 0.25) is 0 Å². The molecule has 0 spiro atoms. The van der Waals surface area contributed by atoms with Crippen LogP contribution in [-0.4, -0.2) is 54.9 Å². The molecule has 0 aliphatic carbocycles. The number of carbonyl (C=O) groups excluding carboxylic acids is 1. The number of urea groups is 1. The van der Waals surface area contributed by atoms with Crippen LogP contribution in [-0.2, 0) is 9.53 Å². The third kappa shape index (κ3) is 2.72. The number of hydrogen-bond acceptors (Lipinski definition) is 3. The van der Waals surface area contributed by atoms with Gasteiger partial charge >= 0.3 is 12.0 Å². The zero-order valence-corrected chi connectivity index (χ0v) is 11.0. The summed E-state index contributed by atoms with van der Waals surface area (Å²) in [7, 11) is 1.41. The number of nitrogens with zero attached hydrogens (tertiary/aromatic N) is 2. The minimum Gasteiger partial charge on any atom is -0.480 e. The molecule has 2 rings (SSSR count). The Morgan fingerprint density at radius 2 is 2.15 bits per heavy atom. The number of rotatable bonds is 2. The number of halogens is 1. The van der Waals surface area contributed by atoms with E-state index in [2.05, 4.69) is 0 Å². The molecular weight excluding hydrogens is 267 g/mol. The number of carboxylic acid groups (broad SMARTS) is 1. The van der Waals surface area contributed by atoms with Crippen LogP contribution in [0.25, 0.3) is 0 Å². The molecule has 0 aromatic heterocycles. The Morgan fingerprint density at radius 3 is 2.80 bits per heavy atom. The van der Waals surface area contributed by atoms with Crippen molar-refractivity contribution >= 4 is 17.7 Å². The van der Waals surface area contributed by atoms with Gasteiger partial charge in [0.25, 0.3) is 0 Å². The fourth-order valence-corrected chi connectivity index (χ4v) is 2.06. The number of carbonyl (C=O) groups is 2. The van der Waals surface area contributed by atoms with Crippen molar-refractivity contribution in [2.45, 2.75) is 6.04 Å². The van der Waals surface area contributed by atoms with Gasteiger partial charge in [-0.3, -0.25) is 4.90 Å². The highest BCUT2D eigenvalue weighted by molar-refractivity contribution is 5.94. The summed E-state index contributed by atoms with van der Waals surface area (Å²) in [6.07, 6.45) is 0. The number of carboxylic acids is 1. The zero-order valence-electron chi connectivity index (χ0n) is 11.0. The summed E-state index contributed by atoms with van der Waals surface area (Å²) in [5.41, 5.74) is 0.105. The molecule has 7 heteroatoms. The van der Waals surface area contributed by atoms with E-state index in [-0.39, 0.29) is 25.4 Å². The molecule has 1 aromatic rings. The third-order valence-corrected chi connectivity index (χ3v) is 3.16. The van der Waals surface area contributed by atoms with E-state index < -0.39 is 23.9 Å². The zero-order chi connectivity index (χ0) is 14.7. The Balaban J connectivity index is 2.21. The van der Waals surface area contributed by atoms with Gasteiger partial charge in [0, 0.05) is 13.6 Å². The fourth-order valence-electron chi connectivity index (χ4n) is 2.06. The van der Waals surface area contributed by atoms with Crippen molar-refractivity contribution in [2.75, 3.05) is 31.7 Å². The highest BCUT2D eigenvalue weighted by Gasteiger charge is 2.34. The molecule has 1 heterocycles. The summed E-state index contributed by atoms with van der Waals surface area (Å²) in [6, 6.07) is 4.22. The fraction of sp³-hybridized carbons (Fsp3) is 0.385. The molecule has 0 radical (unpaired) electrons. The van der Waals surface area contributed by atoms with Gasteiger partial charge in [-0.1, -0.05) is 12.1 Å². The molecule has 1 atom stereocenters. The van der Waals surface area contributed by atoms with E-state index in [1.165, 1.54) is 30.1 Å². The van der Waals surface area contributed by atoms with Crippen LogP contribution in [0.15, 0.2) is 24.3 Å². The van der Waals surface area contributed by atoms with Crippen LogP contribution in [0.1, 0.15) is 0 Å². The average Bonchev–Trinajstić information content (AvgIpc) is 2.46. The second-order valence-electron chi connectivity index (χ2n) is 4.42. The minimum absolute atomic E-state index is 0.0633. The topological polar surface area (TPSA) is 70.1 Å². The first-order valence-electron chi connectivity index (χ1n) is 6.11. The SMILES string of the molecule is CN(C(=O)N1CCOCC1C(=O)O)c1ccccc1F. The molecule has 1 aliphatic rings. The molecule has 1 N–H and O–H groups in total. The van der Waals surface area contributed by atoms with Gasteiger partial charge in [0.15, 0.2) is 6.04 Å². The number of ether oxygens (including phenoxy) is 1. The van der Waals surface area contributed by atoms with Crippen LogP contribution >= 0.6 is 0 Å². The van der Waals surface area contributed by atoms with Crippen LogP contribution in [0.5, 0.6) is 0 Å². The van der Waals surface area contributed by atoms with E-state index in [0.717, 1.165) is 4.90 Å². The molecule has 2 amide bonds. The molecule has 0 saturated carbocycles. The van der Waals surface area contributed by atoms with Gasteiger partial charge in [0.05, 0.1) is 18.9 Å². The summed E-state index contributed by atoms with van der Waals surface area (Å²) in [5.74, 6) is -1.68. The van der Waals surface area contributed by atoms with E-state index in [1.54, 1.807) is 6.07 Å². The van der Waals surface area contributed by atoms with Crippen molar-refractivity contribution in [1.29, 1.82) is 0 Å².